The molecule has 1 aliphatic rings. The zero-order valence-corrected chi connectivity index (χ0v) is 13.9. The molecule has 0 aliphatic heterocycles. The third-order valence-electron chi connectivity index (χ3n) is 3.50. The standard InChI is InChI=1S/C16H25BrO3/c1-2-20-16(19)10-8-6-4-3-5-7-9-13-11-14(17)12-15(13)18/h11,14H,2-10,12H2,1H3. The number of carbonyl (C=O) groups excluding carboxylic acids is 2. The summed E-state index contributed by atoms with van der Waals surface area (Å²) in [5, 5.41) is 0. The lowest BCUT2D eigenvalue weighted by Gasteiger charge is -2.03. The van der Waals surface area contributed by atoms with E-state index >= 15 is 0 Å². The Hall–Kier alpha value is -0.640. The molecule has 1 atom stereocenters. The minimum absolute atomic E-state index is 0.0801. The molecule has 1 unspecified atom stereocenters. The van der Waals surface area contributed by atoms with Crippen LogP contribution in [0.2, 0.25) is 0 Å². The van der Waals surface area contributed by atoms with E-state index in [0.29, 0.717) is 25.2 Å². The van der Waals surface area contributed by atoms with Gasteiger partial charge in [-0.05, 0) is 31.8 Å². The van der Waals surface area contributed by atoms with Crippen molar-refractivity contribution in [2.45, 2.75) is 69.5 Å². The number of carbonyl (C=O) groups is 2. The highest BCUT2D eigenvalue weighted by atomic mass is 79.9. The molecule has 3 nitrogen and oxygen atoms in total. The van der Waals surface area contributed by atoms with Gasteiger partial charge in [0.15, 0.2) is 5.78 Å². The molecular formula is C16H25BrO3. The normalized spacial score (nSPS) is 18.2. The van der Waals surface area contributed by atoms with Crippen molar-refractivity contribution in [3.8, 4) is 0 Å². The Balaban J connectivity index is 1.92. The number of unbranched alkanes of at least 4 members (excludes halogenated alkanes) is 5. The maximum atomic E-state index is 11.6. The van der Waals surface area contributed by atoms with E-state index in [0.717, 1.165) is 44.1 Å². The predicted octanol–water partition coefficient (Wildman–Crippen LogP) is 4.33. The molecule has 1 aliphatic carbocycles. The third kappa shape index (κ3) is 7.22. The zero-order valence-electron chi connectivity index (χ0n) is 12.3. The van der Waals surface area contributed by atoms with E-state index in [1.54, 1.807) is 0 Å². The molecule has 0 saturated carbocycles. The summed E-state index contributed by atoms with van der Waals surface area (Å²) in [7, 11) is 0. The lowest BCUT2D eigenvalue weighted by atomic mass is 10.0. The van der Waals surface area contributed by atoms with Crippen LogP contribution in [0.3, 0.4) is 0 Å². The van der Waals surface area contributed by atoms with Crippen molar-refractivity contribution < 1.29 is 14.3 Å². The number of Topliss-reactive ketones (excluding diaryl/α,β-unsaturated/α-hetero) is 1. The first kappa shape index (κ1) is 17.4. The quantitative estimate of drug-likeness (QED) is 0.336. The van der Waals surface area contributed by atoms with Gasteiger partial charge in [-0.25, -0.2) is 0 Å². The molecule has 114 valence electrons. The summed E-state index contributed by atoms with van der Waals surface area (Å²) in [6.45, 7) is 2.31. The summed E-state index contributed by atoms with van der Waals surface area (Å²) in [6.07, 6.45) is 10.8. The second-order valence-corrected chi connectivity index (χ2v) is 6.44. The van der Waals surface area contributed by atoms with Crippen molar-refractivity contribution in [2.24, 2.45) is 0 Å². The van der Waals surface area contributed by atoms with Crippen LogP contribution in [0.1, 0.15) is 64.7 Å². The molecule has 0 fully saturated rings. The Kier molecular flexibility index (Phi) is 8.83. The number of esters is 1. The van der Waals surface area contributed by atoms with Gasteiger partial charge in [-0.15, -0.1) is 0 Å². The maximum absolute atomic E-state index is 11.6. The SMILES string of the molecule is CCOC(=O)CCCCCCCCC1=CC(Br)CC1=O. The van der Waals surface area contributed by atoms with Gasteiger partial charge in [0.1, 0.15) is 0 Å². The topological polar surface area (TPSA) is 43.4 Å². The highest BCUT2D eigenvalue weighted by molar-refractivity contribution is 9.09. The van der Waals surface area contributed by atoms with Crippen LogP contribution in [0.15, 0.2) is 11.6 Å². The summed E-state index contributed by atoms with van der Waals surface area (Å²) in [5.74, 6) is 0.227. The molecule has 0 N–H and O–H groups in total. The Labute approximate surface area is 130 Å². The summed E-state index contributed by atoms with van der Waals surface area (Å²) in [4.78, 5) is 22.9. The van der Waals surface area contributed by atoms with Gasteiger partial charge in [0.25, 0.3) is 0 Å². The van der Waals surface area contributed by atoms with Crippen LogP contribution >= 0.6 is 15.9 Å². The molecule has 4 heteroatoms. The Morgan fingerprint density at radius 3 is 2.50 bits per heavy atom. The molecule has 0 saturated heterocycles. The fraction of sp³-hybridized carbons (Fsp3) is 0.750. The second-order valence-electron chi connectivity index (χ2n) is 5.26. The van der Waals surface area contributed by atoms with E-state index in [-0.39, 0.29) is 10.8 Å². The van der Waals surface area contributed by atoms with Crippen LogP contribution in [0.25, 0.3) is 0 Å². The Bertz CT molecular complexity index is 350. The van der Waals surface area contributed by atoms with Gasteiger partial charge >= 0.3 is 5.97 Å². The van der Waals surface area contributed by atoms with Crippen molar-refractivity contribution in [3.05, 3.63) is 11.6 Å². The molecule has 20 heavy (non-hydrogen) atoms. The van der Waals surface area contributed by atoms with Crippen LogP contribution in [-0.2, 0) is 14.3 Å². The molecule has 0 aromatic rings. The number of allylic oxidation sites excluding steroid dienone is 2. The molecule has 0 aromatic carbocycles. The lowest BCUT2D eigenvalue weighted by molar-refractivity contribution is -0.143. The number of ketones is 1. The van der Waals surface area contributed by atoms with Crippen LogP contribution < -0.4 is 0 Å². The third-order valence-corrected chi connectivity index (χ3v) is 4.09. The summed E-state index contributed by atoms with van der Waals surface area (Å²) >= 11 is 3.46. The fourth-order valence-corrected chi connectivity index (χ4v) is 3.04. The van der Waals surface area contributed by atoms with Crippen molar-refractivity contribution in [1.29, 1.82) is 0 Å². The number of ether oxygens (including phenoxy) is 1. The van der Waals surface area contributed by atoms with E-state index in [1.165, 1.54) is 6.42 Å². The minimum Gasteiger partial charge on any atom is -0.466 e. The highest BCUT2D eigenvalue weighted by Crippen LogP contribution is 2.25. The van der Waals surface area contributed by atoms with Crippen molar-refractivity contribution in [3.63, 3.8) is 0 Å². The van der Waals surface area contributed by atoms with Gasteiger partial charge in [0, 0.05) is 17.7 Å². The number of rotatable bonds is 10. The van der Waals surface area contributed by atoms with Gasteiger partial charge in [-0.2, -0.15) is 0 Å². The van der Waals surface area contributed by atoms with Gasteiger partial charge in [-0.3, -0.25) is 9.59 Å². The Morgan fingerprint density at radius 1 is 1.25 bits per heavy atom. The summed E-state index contributed by atoms with van der Waals surface area (Å²) in [6, 6.07) is 0. The second kappa shape index (κ2) is 10.1. The van der Waals surface area contributed by atoms with E-state index in [4.69, 9.17) is 4.74 Å². The number of alkyl halides is 1. The van der Waals surface area contributed by atoms with Crippen molar-refractivity contribution in [1.82, 2.24) is 0 Å². The van der Waals surface area contributed by atoms with Gasteiger partial charge in [0.05, 0.1) is 6.61 Å². The van der Waals surface area contributed by atoms with Gasteiger partial charge < -0.3 is 4.74 Å². The van der Waals surface area contributed by atoms with Crippen LogP contribution in [-0.4, -0.2) is 23.2 Å². The molecular weight excluding hydrogens is 320 g/mol. The maximum Gasteiger partial charge on any atom is 0.305 e. The molecule has 0 heterocycles. The van der Waals surface area contributed by atoms with Gasteiger partial charge in [-0.1, -0.05) is 47.7 Å². The highest BCUT2D eigenvalue weighted by Gasteiger charge is 2.20. The van der Waals surface area contributed by atoms with E-state index in [2.05, 4.69) is 22.0 Å². The Morgan fingerprint density at radius 2 is 1.90 bits per heavy atom. The molecule has 0 amide bonds. The van der Waals surface area contributed by atoms with Crippen LogP contribution in [0.4, 0.5) is 0 Å². The number of halogens is 1. The largest absolute Gasteiger partial charge is 0.466 e. The molecule has 0 aromatic heterocycles. The monoisotopic (exact) mass is 344 g/mol. The first-order valence-electron chi connectivity index (χ1n) is 7.67. The average molecular weight is 345 g/mol. The molecule has 0 spiro atoms. The molecule has 1 rings (SSSR count). The smallest absolute Gasteiger partial charge is 0.305 e. The zero-order chi connectivity index (χ0) is 14.8. The minimum atomic E-state index is -0.0801. The first-order valence-corrected chi connectivity index (χ1v) is 8.58. The number of hydrogen-bond acceptors (Lipinski definition) is 3. The first-order chi connectivity index (χ1) is 9.63. The molecule has 0 bridgehead atoms. The summed E-state index contributed by atoms with van der Waals surface area (Å²) in [5.41, 5.74) is 1.01. The molecule has 0 radical (unpaired) electrons. The van der Waals surface area contributed by atoms with Crippen molar-refractivity contribution >= 4 is 27.7 Å². The predicted molar refractivity (Wildman–Crippen MR) is 84.0 cm³/mol. The van der Waals surface area contributed by atoms with Gasteiger partial charge in [0.2, 0.25) is 0 Å². The van der Waals surface area contributed by atoms with Crippen molar-refractivity contribution in [2.75, 3.05) is 6.61 Å². The number of hydrogen-bond donors (Lipinski definition) is 0. The van der Waals surface area contributed by atoms with E-state index < -0.39 is 0 Å². The van der Waals surface area contributed by atoms with Crippen LogP contribution in [0, 0.1) is 0 Å². The average Bonchev–Trinajstić information content (AvgIpc) is 2.71. The fourth-order valence-electron chi connectivity index (χ4n) is 2.43. The van der Waals surface area contributed by atoms with Crippen LogP contribution in [0.5, 0.6) is 0 Å². The van der Waals surface area contributed by atoms with E-state index in [9.17, 15) is 9.59 Å². The lowest BCUT2D eigenvalue weighted by Crippen LogP contribution is -2.03. The van der Waals surface area contributed by atoms with E-state index in [1.807, 2.05) is 6.92 Å². The summed E-state index contributed by atoms with van der Waals surface area (Å²) < 4.78 is 4.88.